The van der Waals surface area contributed by atoms with Gasteiger partial charge in [0.15, 0.2) is 11.5 Å². The summed E-state index contributed by atoms with van der Waals surface area (Å²) in [5.41, 5.74) is 1.53. The lowest BCUT2D eigenvalue weighted by atomic mass is 9.79. The molecule has 0 bridgehead atoms. The molecule has 0 aliphatic carbocycles. The quantitative estimate of drug-likeness (QED) is 0.129. The summed E-state index contributed by atoms with van der Waals surface area (Å²) in [7, 11) is 0. The normalized spacial score (nSPS) is 13.2. The Balaban J connectivity index is 2.14. The Bertz CT molecular complexity index is 935. The van der Waals surface area contributed by atoms with Crippen LogP contribution in [0.3, 0.4) is 0 Å². The van der Waals surface area contributed by atoms with Crippen LogP contribution in [0.2, 0.25) is 0 Å². The van der Waals surface area contributed by atoms with Crippen LogP contribution in [0.4, 0.5) is 0 Å². The van der Waals surface area contributed by atoms with Crippen molar-refractivity contribution in [2.45, 2.75) is 43.8 Å². The molecule has 0 fully saturated rings. The molecule has 3 aromatic rings. The third kappa shape index (κ3) is 5.93. The monoisotopic (exact) mass is 460 g/mol. The second kappa shape index (κ2) is 12.7. The highest BCUT2D eigenvalue weighted by atomic mass is 16.5. The molecule has 34 heavy (non-hydrogen) atoms. The summed E-state index contributed by atoms with van der Waals surface area (Å²) in [6.07, 6.45) is 3.10. The van der Waals surface area contributed by atoms with Crippen molar-refractivity contribution in [2.24, 2.45) is 0 Å². The van der Waals surface area contributed by atoms with Gasteiger partial charge in [0.25, 0.3) is 0 Å². The van der Waals surface area contributed by atoms with E-state index in [4.69, 9.17) is 4.74 Å². The lowest BCUT2D eigenvalue weighted by Gasteiger charge is -2.39. The second-order valence-electron chi connectivity index (χ2n) is 8.18. The van der Waals surface area contributed by atoms with E-state index < -0.39 is 24.1 Å². The minimum atomic E-state index is -1.08. The molecule has 0 spiro atoms. The minimum Gasteiger partial charge on any atom is -0.506 e. The maximum absolute atomic E-state index is 10.9. The predicted octanol–water partition coefficient (Wildman–Crippen LogP) is 5.83. The summed E-state index contributed by atoms with van der Waals surface area (Å²) in [5.74, 6) is -0.897. The molecule has 3 aromatic carbocycles. The Labute approximate surface area is 201 Å². The predicted molar refractivity (Wildman–Crippen MR) is 133 cm³/mol. The molecule has 3 rings (SSSR count). The maximum Gasteiger partial charge on any atom is 0.161 e. The molecule has 1 atom stereocenters. The van der Waals surface area contributed by atoms with Gasteiger partial charge in [-0.2, -0.15) is 0 Å². The van der Waals surface area contributed by atoms with Gasteiger partial charge < -0.3 is 24.9 Å². The Morgan fingerprint density at radius 3 is 1.65 bits per heavy atom. The van der Waals surface area contributed by atoms with Gasteiger partial charge >= 0.3 is 0 Å². The number of hydrogen-bond donors (Lipinski definition) is 3. The number of rotatable bonds is 13. The standard InChI is InChI=1S/C29H32O5/c30-21-13-2-1-12-20-27(28(33)26(32)22-31)34-29(23-14-6-3-7-15-23,24-16-8-4-9-17-24)25-18-10-5-11-19-25/h3-11,14-19,21,27,31-33H,1-2,12-13,20,22H2. The van der Waals surface area contributed by atoms with E-state index in [0.29, 0.717) is 19.3 Å². The first-order valence-corrected chi connectivity index (χ1v) is 11.6. The van der Waals surface area contributed by atoms with Crippen molar-refractivity contribution in [1.29, 1.82) is 0 Å². The van der Waals surface area contributed by atoms with Gasteiger partial charge in [-0.15, -0.1) is 0 Å². The number of unbranched alkanes of at least 4 members (excludes halogenated alkanes) is 3. The van der Waals surface area contributed by atoms with Crippen LogP contribution in [0, 0.1) is 0 Å². The number of ether oxygens (including phenoxy) is 1. The van der Waals surface area contributed by atoms with E-state index in [-0.39, 0.29) is 5.76 Å². The molecule has 5 heteroatoms. The zero-order chi connectivity index (χ0) is 24.2. The summed E-state index contributed by atoms with van der Waals surface area (Å²) in [4.78, 5) is 10.7. The molecule has 0 saturated heterocycles. The van der Waals surface area contributed by atoms with Gasteiger partial charge in [-0.1, -0.05) is 104 Å². The average molecular weight is 461 g/mol. The van der Waals surface area contributed by atoms with Crippen LogP contribution >= 0.6 is 0 Å². The van der Waals surface area contributed by atoms with E-state index in [0.717, 1.165) is 35.8 Å². The van der Waals surface area contributed by atoms with E-state index >= 15 is 0 Å². The van der Waals surface area contributed by atoms with Gasteiger partial charge in [0.05, 0.1) is 0 Å². The number of carbonyl (C=O) groups excluding carboxylic acids is 1. The summed E-state index contributed by atoms with van der Waals surface area (Å²) >= 11 is 0. The molecule has 0 amide bonds. The van der Waals surface area contributed by atoms with Crippen molar-refractivity contribution >= 4 is 6.29 Å². The maximum atomic E-state index is 10.9. The summed E-state index contributed by atoms with van der Waals surface area (Å²) in [6.45, 7) is -0.689. The first-order valence-electron chi connectivity index (χ1n) is 11.6. The van der Waals surface area contributed by atoms with Gasteiger partial charge in [0.2, 0.25) is 0 Å². The lowest BCUT2D eigenvalue weighted by molar-refractivity contribution is -0.107. The fourth-order valence-electron chi connectivity index (χ4n) is 4.19. The van der Waals surface area contributed by atoms with E-state index in [1.807, 2.05) is 91.0 Å². The van der Waals surface area contributed by atoms with Gasteiger partial charge in [0.1, 0.15) is 24.6 Å². The summed E-state index contributed by atoms with van der Waals surface area (Å²) < 4.78 is 6.84. The molecular weight excluding hydrogens is 428 g/mol. The van der Waals surface area contributed by atoms with Crippen molar-refractivity contribution in [3.8, 4) is 0 Å². The van der Waals surface area contributed by atoms with Crippen molar-refractivity contribution in [1.82, 2.24) is 0 Å². The Morgan fingerprint density at radius 2 is 1.24 bits per heavy atom. The number of benzene rings is 3. The molecule has 0 heterocycles. The molecule has 1 unspecified atom stereocenters. The fraction of sp³-hybridized carbons (Fsp3) is 0.276. The van der Waals surface area contributed by atoms with E-state index in [9.17, 15) is 20.1 Å². The van der Waals surface area contributed by atoms with Crippen LogP contribution in [0.1, 0.15) is 48.8 Å². The van der Waals surface area contributed by atoms with E-state index in [2.05, 4.69) is 0 Å². The van der Waals surface area contributed by atoms with Crippen molar-refractivity contribution in [3.05, 3.63) is 119 Å². The summed E-state index contributed by atoms with van der Waals surface area (Å²) in [5, 5.41) is 30.6. The molecule has 5 nitrogen and oxygen atoms in total. The van der Waals surface area contributed by atoms with Crippen LogP contribution in [0.15, 0.2) is 103 Å². The Morgan fingerprint density at radius 1 is 0.765 bits per heavy atom. The van der Waals surface area contributed by atoms with Gasteiger partial charge in [-0.05, 0) is 29.5 Å². The molecule has 178 valence electrons. The summed E-state index contributed by atoms with van der Waals surface area (Å²) in [6, 6.07) is 29.3. The Kier molecular flexibility index (Phi) is 9.44. The smallest absolute Gasteiger partial charge is 0.161 e. The fourth-order valence-corrected chi connectivity index (χ4v) is 4.19. The zero-order valence-electron chi connectivity index (χ0n) is 19.2. The number of aldehydes is 1. The Hall–Kier alpha value is -3.41. The van der Waals surface area contributed by atoms with Gasteiger partial charge in [0, 0.05) is 6.42 Å². The van der Waals surface area contributed by atoms with Gasteiger partial charge in [-0.25, -0.2) is 0 Å². The molecule has 0 aliphatic heterocycles. The van der Waals surface area contributed by atoms with Gasteiger partial charge in [-0.3, -0.25) is 0 Å². The van der Waals surface area contributed by atoms with E-state index in [1.54, 1.807) is 0 Å². The highest BCUT2D eigenvalue weighted by molar-refractivity contribution is 5.49. The third-order valence-corrected chi connectivity index (χ3v) is 5.90. The van der Waals surface area contributed by atoms with Crippen molar-refractivity contribution < 1.29 is 24.9 Å². The number of aliphatic hydroxyl groups excluding tert-OH is 3. The zero-order valence-corrected chi connectivity index (χ0v) is 19.2. The van der Waals surface area contributed by atoms with Crippen LogP contribution in [0.5, 0.6) is 0 Å². The SMILES string of the molecule is O=CCCCCCC(OC(c1ccccc1)(c1ccccc1)c1ccccc1)C(O)=C(O)CO. The molecule has 0 saturated carbocycles. The topological polar surface area (TPSA) is 87.0 Å². The average Bonchev–Trinajstić information content (AvgIpc) is 2.91. The first kappa shape index (κ1) is 25.2. The number of carbonyl (C=O) groups is 1. The van der Waals surface area contributed by atoms with Crippen molar-refractivity contribution in [3.63, 3.8) is 0 Å². The van der Waals surface area contributed by atoms with Crippen LogP contribution in [-0.4, -0.2) is 34.3 Å². The van der Waals surface area contributed by atoms with Crippen molar-refractivity contribution in [2.75, 3.05) is 6.61 Å². The molecule has 0 radical (unpaired) electrons. The minimum absolute atomic E-state index is 0.384. The highest BCUT2D eigenvalue weighted by Gasteiger charge is 2.41. The van der Waals surface area contributed by atoms with E-state index in [1.165, 1.54) is 0 Å². The molecular formula is C29H32O5. The number of aliphatic hydroxyl groups is 3. The molecule has 0 aromatic heterocycles. The van der Waals surface area contributed by atoms with Crippen LogP contribution < -0.4 is 0 Å². The van der Waals surface area contributed by atoms with Crippen LogP contribution in [-0.2, 0) is 15.1 Å². The molecule has 0 aliphatic rings. The largest absolute Gasteiger partial charge is 0.506 e. The third-order valence-electron chi connectivity index (χ3n) is 5.90. The first-order chi connectivity index (χ1) is 16.6. The highest BCUT2D eigenvalue weighted by Crippen LogP contribution is 2.42. The molecule has 3 N–H and O–H groups in total. The van der Waals surface area contributed by atoms with Crippen LogP contribution in [0.25, 0.3) is 0 Å². The second-order valence-corrected chi connectivity index (χ2v) is 8.18. The number of hydrogen-bond acceptors (Lipinski definition) is 5. The lowest BCUT2D eigenvalue weighted by Crippen LogP contribution is -2.38.